The second-order valence-corrected chi connectivity index (χ2v) is 5.27. The summed E-state index contributed by atoms with van der Waals surface area (Å²) in [6.45, 7) is 1.77. The third-order valence-corrected chi connectivity index (χ3v) is 3.57. The number of nitrogens with one attached hydrogen (secondary N) is 1. The molecule has 0 unspecified atom stereocenters. The number of nitrogens with two attached hydrogens (primary N) is 1. The normalized spacial score (nSPS) is 10.7. The number of H-pyrrole nitrogens is 1. The average molecular weight is 300 g/mol. The molecule has 2 aromatic heterocycles. The van der Waals surface area contributed by atoms with Gasteiger partial charge in [-0.05, 0) is 18.2 Å². The minimum absolute atomic E-state index is 0.739. The third kappa shape index (κ3) is 3.48. The van der Waals surface area contributed by atoms with E-state index in [0.717, 1.165) is 29.4 Å². The summed E-state index contributed by atoms with van der Waals surface area (Å²) in [4.78, 5) is 4.12. The standard InChI is InChI=1S/C16H15ClN4/c17-15-5-3-13(4-6-15)16-14(11-20-21-16)10-19-9-12-2-1-7-18-8-12/h1-8,11,19H,9-10H2,(H,20,21)/p+1. The fraction of sp³-hybridized carbons (Fsp3) is 0.125. The number of nitrogens with zero attached hydrogens (tertiary/aromatic N) is 2. The van der Waals surface area contributed by atoms with Crippen molar-refractivity contribution in [2.24, 2.45) is 0 Å². The van der Waals surface area contributed by atoms with Crippen LogP contribution in [-0.4, -0.2) is 15.2 Å². The van der Waals surface area contributed by atoms with Crippen LogP contribution in [0.3, 0.4) is 0 Å². The van der Waals surface area contributed by atoms with Crippen LogP contribution in [0.4, 0.5) is 0 Å². The second-order valence-electron chi connectivity index (χ2n) is 4.84. The minimum Gasteiger partial charge on any atom is -0.339 e. The van der Waals surface area contributed by atoms with Crippen molar-refractivity contribution in [3.05, 3.63) is 71.1 Å². The Bertz CT molecular complexity index is 692. The Hall–Kier alpha value is -2.17. The quantitative estimate of drug-likeness (QED) is 0.760. The van der Waals surface area contributed by atoms with Crippen molar-refractivity contribution in [1.82, 2.24) is 15.2 Å². The van der Waals surface area contributed by atoms with Crippen molar-refractivity contribution in [1.29, 1.82) is 0 Å². The molecule has 0 spiro atoms. The molecule has 0 bridgehead atoms. The third-order valence-electron chi connectivity index (χ3n) is 3.32. The molecule has 1 aromatic carbocycles. The first kappa shape index (κ1) is 13.8. The van der Waals surface area contributed by atoms with E-state index in [1.807, 2.05) is 42.7 Å². The Kier molecular flexibility index (Phi) is 4.28. The molecule has 4 nitrogen and oxygen atoms in total. The van der Waals surface area contributed by atoms with Gasteiger partial charge in [0, 0.05) is 28.5 Å². The van der Waals surface area contributed by atoms with E-state index in [-0.39, 0.29) is 0 Å². The van der Waals surface area contributed by atoms with Crippen LogP contribution < -0.4 is 5.32 Å². The molecule has 3 rings (SSSR count). The van der Waals surface area contributed by atoms with Crippen molar-refractivity contribution < 1.29 is 5.32 Å². The maximum atomic E-state index is 5.93. The van der Waals surface area contributed by atoms with Crippen molar-refractivity contribution >= 4 is 11.6 Å². The summed E-state index contributed by atoms with van der Waals surface area (Å²) in [5.41, 5.74) is 4.55. The maximum absolute atomic E-state index is 5.93. The largest absolute Gasteiger partial charge is 0.339 e. The highest BCUT2D eigenvalue weighted by atomic mass is 35.5. The molecule has 3 N–H and O–H groups in total. The highest BCUT2D eigenvalue weighted by Crippen LogP contribution is 2.22. The topological polar surface area (TPSA) is 58.2 Å². The zero-order valence-electron chi connectivity index (χ0n) is 11.5. The van der Waals surface area contributed by atoms with E-state index in [0.29, 0.717) is 0 Å². The summed E-state index contributed by atoms with van der Waals surface area (Å²) in [5, 5.41) is 10.2. The van der Waals surface area contributed by atoms with Crippen molar-refractivity contribution in [3.63, 3.8) is 0 Å². The molecule has 0 amide bonds. The zero-order chi connectivity index (χ0) is 14.5. The van der Waals surface area contributed by atoms with Crippen LogP contribution in [0, 0.1) is 0 Å². The van der Waals surface area contributed by atoms with Gasteiger partial charge in [-0.1, -0.05) is 29.8 Å². The Morgan fingerprint density at radius 2 is 1.90 bits per heavy atom. The van der Waals surface area contributed by atoms with E-state index in [1.54, 1.807) is 6.20 Å². The van der Waals surface area contributed by atoms with Crippen LogP contribution in [0.15, 0.2) is 55.0 Å². The van der Waals surface area contributed by atoms with Gasteiger partial charge >= 0.3 is 0 Å². The van der Waals surface area contributed by atoms with Crippen LogP contribution in [0.1, 0.15) is 11.1 Å². The summed E-state index contributed by atoms with van der Waals surface area (Å²) < 4.78 is 0. The highest BCUT2D eigenvalue weighted by Gasteiger charge is 2.09. The van der Waals surface area contributed by atoms with E-state index in [9.17, 15) is 0 Å². The molecule has 0 radical (unpaired) electrons. The van der Waals surface area contributed by atoms with E-state index >= 15 is 0 Å². The van der Waals surface area contributed by atoms with Gasteiger partial charge in [0.25, 0.3) is 0 Å². The lowest BCUT2D eigenvalue weighted by Crippen LogP contribution is -2.80. The first-order chi connectivity index (χ1) is 10.3. The summed E-state index contributed by atoms with van der Waals surface area (Å²) in [6, 6.07) is 11.8. The lowest BCUT2D eigenvalue weighted by atomic mass is 10.1. The molecule has 106 valence electrons. The Morgan fingerprint density at radius 3 is 2.67 bits per heavy atom. The van der Waals surface area contributed by atoms with Crippen LogP contribution in [-0.2, 0) is 13.1 Å². The molecule has 0 atom stereocenters. The number of rotatable bonds is 5. The Balaban J connectivity index is 1.67. The number of hydrogen-bond donors (Lipinski definition) is 2. The Labute approximate surface area is 128 Å². The fourth-order valence-corrected chi connectivity index (χ4v) is 2.37. The predicted molar refractivity (Wildman–Crippen MR) is 82.6 cm³/mol. The highest BCUT2D eigenvalue weighted by molar-refractivity contribution is 6.30. The number of benzene rings is 1. The molecule has 0 aliphatic rings. The predicted octanol–water partition coefficient (Wildman–Crippen LogP) is 2.39. The van der Waals surface area contributed by atoms with Crippen molar-refractivity contribution in [2.45, 2.75) is 13.1 Å². The van der Waals surface area contributed by atoms with Gasteiger partial charge in [-0.2, -0.15) is 5.10 Å². The van der Waals surface area contributed by atoms with Gasteiger partial charge < -0.3 is 5.32 Å². The van der Waals surface area contributed by atoms with E-state index in [2.05, 4.69) is 26.6 Å². The number of aromatic amines is 1. The molecule has 0 saturated heterocycles. The summed E-state index contributed by atoms with van der Waals surface area (Å²) >= 11 is 5.93. The van der Waals surface area contributed by atoms with Crippen molar-refractivity contribution in [3.8, 4) is 11.3 Å². The molecule has 5 heteroatoms. The molecule has 0 aliphatic heterocycles. The second kappa shape index (κ2) is 6.52. The zero-order valence-corrected chi connectivity index (χ0v) is 12.2. The monoisotopic (exact) mass is 299 g/mol. The lowest BCUT2D eigenvalue weighted by molar-refractivity contribution is -0.686. The van der Waals surface area contributed by atoms with Gasteiger partial charge in [0.2, 0.25) is 0 Å². The van der Waals surface area contributed by atoms with Gasteiger partial charge in [-0.25, -0.2) is 0 Å². The van der Waals surface area contributed by atoms with Crippen LogP contribution in [0.25, 0.3) is 11.3 Å². The van der Waals surface area contributed by atoms with Crippen molar-refractivity contribution in [2.75, 3.05) is 0 Å². The molecular weight excluding hydrogens is 284 g/mol. The smallest absolute Gasteiger partial charge is 0.105 e. The molecule has 0 fully saturated rings. The summed E-state index contributed by atoms with van der Waals surface area (Å²) in [7, 11) is 0. The van der Waals surface area contributed by atoms with E-state index in [4.69, 9.17) is 11.6 Å². The van der Waals surface area contributed by atoms with E-state index < -0.39 is 0 Å². The number of aromatic nitrogens is 3. The lowest BCUT2D eigenvalue weighted by Gasteiger charge is -2.04. The van der Waals surface area contributed by atoms with Gasteiger partial charge in [-0.3, -0.25) is 10.1 Å². The first-order valence-corrected chi connectivity index (χ1v) is 7.19. The summed E-state index contributed by atoms with van der Waals surface area (Å²) in [5.74, 6) is 0. The SMILES string of the molecule is Clc1ccc(-c2[nH]ncc2C[NH2+]Cc2cccnc2)cc1. The van der Waals surface area contributed by atoms with Gasteiger partial charge in [0.05, 0.1) is 17.5 Å². The van der Waals surface area contributed by atoms with E-state index in [1.165, 1.54) is 11.1 Å². The molecule has 21 heavy (non-hydrogen) atoms. The maximum Gasteiger partial charge on any atom is 0.105 e. The summed E-state index contributed by atoms with van der Waals surface area (Å²) in [6.07, 6.45) is 5.56. The molecule has 2 heterocycles. The number of pyridine rings is 1. The number of hydrogen-bond acceptors (Lipinski definition) is 2. The fourth-order valence-electron chi connectivity index (χ4n) is 2.25. The molecule has 3 aromatic rings. The minimum atomic E-state index is 0.739. The molecule has 0 aliphatic carbocycles. The number of halogens is 1. The van der Waals surface area contributed by atoms with Crippen LogP contribution >= 0.6 is 11.6 Å². The Morgan fingerprint density at radius 1 is 1.05 bits per heavy atom. The van der Waals surface area contributed by atoms with Crippen LogP contribution in [0.2, 0.25) is 5.02 Å². The first-order valence-electron chi connectivity index (χ1n) is 6.81. The van der Waals surface area contributed by atoms with Gasteiger partial charge in [0.1, 0.15) is 13.1 Å². The van der Waals surface area contributed by atoms with Crippen LogP contribution in [0.5, 0.6) is 0 Å². The number of quaternary nitrogens is 1. The molecule has 0 saturated carbocycles. The molecular formula is C16H16ClN4+. The van der Waals surface area contributed by atoms with Gasteiger partial charge in [0.15, 0.2) is 0 Å². The van der Waals surface area contributed by atoms with Gasteiger partial charge in [-0.15, -0.1) is 0 Å². The average Bonchev–Trinajstić information content (AvgIpc) is 2.98.